The second kappa shape index (κ2) is 13.2. The van der Waals surface area contributed by atoms with Crippen LogP contribution in [0.5, 0.6) is 0 Å². The number of hydrogen-bond acceptors (Lipinski definition) is 3. The molecule has 1 N–H and O–H groups in total. The van der Waals surface area contributed by atoms with Gasteiger partial charge in [-0.25, -0.2) is 0 Å². The van der Waals surface area contributed by atoms with Gasteiger partial charge in [-0.2, -0.15) is 0 Å². The first-order chi connectivity index (χ1) is 16.5. The molecule has 0 bridgehead atoms. The van der Waals surface area contributed by atoms with Crippen LogP contribution in [0.3, 0.4) is 0 Å². The third kappa shape index (κ3) is 7.64. The summed E-state index contributed by atoms with van der Waals surface area (Å²) in [4.78, 5) is 28.4. The van der Waals surface area contributed by atoms with E-state index in [-0.39, 0.29) is 24.1 Å². The average molecular weight is 495 g/mol. The van der Waals surface area contributed by atoms with Crippen molar-refractivity contribution in [3.05, 3.63) is 106 Å². The van der Waals surface area contributed by atoms with Crippen molar-refractivity contribution in [3.63, 3.8) is 0 Å². The summed E-state index contributed by atoms with van der Waals surface area (Å²) < 4.78 is 0. The second-order valence-electron chi connectivity index (χ2n) is 8.20. The van der Waals surface area contributed by atoms with E-state index in [0.29, 0.717) is 18.0 Å². The van der Waals surface area contributed by atoms with Crippen molar-refractivity contribution < 1.29 is 9.59 Å². The van der Waals surface area contributed by atoms with Gasteiger partial charge in [0.25, 0.3) is 0 Å². The fraction of sp³-hybridized carbons (Fsp3) is 0.286. The van der Waals surface area contributed by atoms with Crippen molar-refractivity contribution in [1.29, 1.82) is 0 Å². The molecule has 6 heteroatoms. The molecule has 0 aromatic heterocycles. The summed E-state index contributed by atoms with van der Waals surface area (Å²) in [7, 11) is 0. The molecular weight excluding hydrogens is 464 g/mol. The Kier molecular flexibility index (Phi) is 10.0. The first-order valence-electron chi connectivity index (χ1n) is 11.5. The van der Waals surface area contributed by atoms with Gasteiger partial charge in [0.05, 0.1) is 5.75 Å². The Hall–Kier alpha value is -2.76. The van der Waals surface area contributed by atoms with Crippen LogP contribution in [-0.2, 0) is 28.3 Å². The molecule has 0 aliphatic carbocycles. The minimum atomic E-state index is -0.634. The summed E-state index contributed by atoms with van der Waals surface area (Å²) in [5, 5.41) is 3.50. The first-order valence-corrected chi connectivity index (χ1v) is 13.0. The number of likely N-dealkylation sites (N-methyl/N-ethyl adjacent to an activating group) is 1. The molecule has 0 radical (unpaired) electrons. The Balaban J connectivity index is 1.83. The molecule has 0 saturated heterocycles. The fourth-order valence-electron chi connectivity index (χ4n) is 3.80. The summed E-state index contributed by atoms with van der Waals surface area (Å²) in [6.07, 6.45) is 0.436. The van der Waals surface area contributed by atoms with Crippen LogP contribution in [0.1, 0.15) is 29.2 Å². The number of hydrogen-bond donors (Lipinski definition) is 1. The summed E-state index contributed by atoms with van der Waals surface area (Å²) in [5.74, 6) is 0.779. The van der Waals surface area contributed by atoms with Crippen molar-refractivity contribution in [2.75, 3.05) is 12.3 Å². The maximum absolute atomic E-state index is 13.5. The van der Waals surface area contributed by atoms with E-state index in [0.717, 1.165) is 16.9 Å². The highest BCUT2D eigenvalue weighted by Gasteiger charge is 2.30. The lowest BCUT2D eigenvalue weighted by atomic mass is 10.0. The van der Waals surface area contributed by atoms with Gasteiger partial charge in [0.15, 0.2) is 0 Å². The van der Waals surface area contributed by atoms with Crippen LogP contribution in [-0.4, -0.2) is 35.1 Å². The van der Waals surface area contributed by atoms with Crippen LogP contribution in [0.15, 0.2) is 78.9 Å². The maximum atomic E-state index is 13.5. The normalized spacial score (nSPS) is 11.6. The third-order valence-corrected chi connectivity index (χ3v) is 6.85. The Labute approximate surface area is 211 Å². The molecule has 3 rings (SSSR count). The Morgan fingerprint density at radius 3 is 2.38 bits per heavy atom. The molecule has 3 aromatic rings. The Morgan fingerprint density at radius 2 is 1.68 bits per heavy atom. The van der Waals surface area contributed by atoms with Gasteiger partial charge in [-0.05, 0) is 36.6 Å². The van der Waals surface area contributed by atoms with Crippen LogP contribution >= 0.6 is 23.4 Å². The number of carbonyl (C=O) groups excluding carboxylic acids is 2. The standard InChI is InChI=1S/C28H31ClN2O2S/c1-3-30-28(33)26(17-22-11-5-4-6-12-22)31(18-24-14-7-8-15-25(24)29)27(32)20-34-19-23-13-9-10-21(2)16-23/h4-16,26H,3,17-20H2,1-2H3,(H,30,33)/t26-/m1/s1. The Bertz CT molecular complexity index is 1090. The van der Waals surface area contributed by atoms with Crippen LogP contribution in [0.25, 0.3) is 0 Å². The first kappa shape index (κ1) is 25.9. The molecule has 0 heterocycles. The number of benzene rings is 3. The van der Waals surface area contributed by atoms with Gasteiger partial charge in [-0.1, -0.05) is 90.0 Å². The van der Waals surface area contributed by atoms with Crippen molar-refractivity contribution in [3.8, 4) is 0 Å². The zero-order valence-corrected chi connectivity index (χ0v) is 21.2. The lowest BCUT2D eigenvalue weighted by molar-refractivity contribution is -0.139. The van der Waals surface area contributed by atoms with E-state index in [4.69, 9.17) is 11.6 Å². The van der Waals surface area contributed by atoms with Crippen LogP contribution in [0.4, 0.5) is 0 Å². The molecule has 2 amide bonds. The van der Waals surface area contributed by atoms with Gasteiger partial charge in [0.2, 0.25) is 11.8 Å². The second-order valence-corrected chi connectivity index (χ2v) is 9.59. The van der Waals surface area contributed by atoms with Crippen LogP contribution < -0.4 is 5.32 Å². The fourth-order valence-corrected chi connectivity index (χ4v) is 4.85. The average Bonchev–Trinajstić information content (AvgIpc) is 2.83. The van der Waals surface area contributed by atoms with Crippen molar-refractivity contribution in [2.45, 2.75) is 38.6 Å². The highest BCUT2D eigenvalue weighted by molar-refractivity contribution is 7.99. The highest BCUT2D eigenvalue weighted by atomic mass is 35.5. The van der Waals surface area contributed by atoms with Crippen molar-refractivity contribution >= 4 is 35.2 Å². The predicted molar refractivity (Wildman–Crippen MR) is 142 cm³/mol. The highest BCUT2D eigenvalue weighted by Crippen LogP contribution is 2.22. The number of nitrogens with one attached hydrogen (secondary N) is 1. The molecule has 0 aliphatic heterocycles. The summed E-state index contributed by atoms with van der Waals surface area (Å²) in [5.41, 5.74) is 4.20. The van der Waals surface area contributed by atoms with E-state index < -0.39 is 6.04 Å². The summed E-state index contributed by atoms with van der Waals surface area (Å²) in [6.45, 7) is 4.72. The number of amides is 2. The maximum Gasteiger partial charge on any atom is 0.243 e. The van der Waals surface area contributed by atoms with Gasteiger partial charge >= 0.3 is 0 Å². The molecule has 0 spiro atoms. The van der Waals surface area contributed by atoms with Crippen LogP contribution in [0.2, 0.25) is 5.02 Å². The molecule has 0 saturated carbocycles. The Morgan fingerprint density at radius 1 is 0.971 bits per heavy atom. The summed E-state index contributed by atoms with van der Waals surface area (Å²) >= 11 is 7.99. The zero-order chi connectivity index (χ0) is 24.3. The molecule has 34 heavy (non-hydrogen) atoms. The lowest BCUT2D eigenvalue weighted by Gasteiger charge is -2.31. The quantitative estimate of drug-likeness (QED) is 0.374. The third-order valence-electron chi connectivity index (χ3n) is 5.50. The molecule has 1 atom stereocenters. The van der Waals surface area contributed by atoms with E-state index in [9.17, 15) is 9.59 Å². The van der Waals surface area contributed by atoms with Gasteiger partial charge in [-0.3, -0.25) is 9.59 Å². The number of rotatable bonds is 11. The molecule has 0 fully saturated rings. The molecular formula is C28H31ClN2O2S. The number of halogens is 1. The monoisotopic (exact) mass is 494 g/mol. The number of carbonyl (C=O) groups is 2. The van der Waals surface area contributed by atoms with E-state index in [2.05, 4.69) is 30.4 Å². The predicted octanol–water partition coefficient (Wildman–Crippen LogP) is 5.66. The van der Waals surface area contributed by atoms with Gasteiger partial charge in [0, 0.05) is 30.3 Å². The van der Waals surface area contributed by atoms with E-state index in [1.54, 1.807) is 16.7 Å². The van der Waals surface area contributed by atoms with Crippen molar-refractivity contribution in [2.24, 2.45) is 0 Å². The van der Waals surface area contributed by atoms with E-state index in [1.165, 1.54) is 11.1 Å². The van der Waals surface area contributed by atoms with Gasteiger partial charge in [-0.15, -0.1) is 11.8 Å². The minimum Gasteiger partial charge on any atom is -0.355 e. The molecule has 3 aromatic carbocycles. The van der Waals surface area contributed by atoms with Crippen LogP contribution in [0, 0.1) is 6.92 Å². The summed E-state index contributed by atoms with van der Waals surface area (Å²) in [6, 6.07) is 24.9. The topological polar surface area (TPSA) is 49.4 Å². The van der Waals surface area contributed by atoms with Gasteiger partial charge in [0.1, 0.15) is 6.04 Å². The smallest absolute Gasteiger partial charge is 0.243 e. The molecule has 0 unspecified atom stereocenters. The SMILES string of the molecule is CCNC(=O)[C@@H](Cc1ccccc1)N(Cc1ccccc1Cl)C(=O)CSCc1cccc(C)c1. The van der Waals surface area contributed by atoms with E-state index in [1.807, 2.05) is 67.6 Å². The largest absolute Gasteiger partial charge is 0.355 e. The lowest BCUT2D eigenvalue weighted by Crippen LogP contribution is -2.51. The number of nitrogens with zero attached hydrogens (tertiary/aromatic N) is 1. The minimum absolute atomic E-state index is 0.0789. The molecule has 178 valence electrons. The molecule has 4 nitrogen and oxygen atoms in total. The number of aryl methyl sites for hydroxylation is 1. The molecule has 0 aliphatic rings. The van der Waals surface area contributed by atoms with Crippen molar-refractivity contribution in [1.82, 2.24) is 10.2 Å². The number of thioether (sulfide) groups is 1. The van der Waals surface area contributed by atoms with Gasteiger partial charge < -0.3 is 10.2 Å². The zero-order valence-electron chi connectivity index (χ0n) is 19.7. The van der Waals surface area contributed by atoms with E-state index >= 15 is 0 Å².